The van der Waals surface area contributed by atoms with Crippen LogP contribution in [0.1, 0.15) is 41.2 Å². The van der Waals surface area contributed by atoms with Gasteiger partial charge in [0.2, 0.25) is 15.0 Å². The summed E-state index contributed by atoms with van der Waals surface area (Å²) in [5, 5.41) is -0.0101. The molecule has 0 saturated heterocycles. The van der Waals surface area contributed by atoms with E-state index >= 15 is 0 Å². The van der Waals surface area contributed by atoms with Gasteiger partial charge in [0.1, 0.15) is 11.5 Å². The van der Waals surface area contributed by atoms with E-state index in [1.54, 1.807) is 77.6 Å². The van der Waals surface area contributed by atoms with Crippen LogP contribution in [0.4, 0.5) is 0 Å². The van der Waals surface area contributed by atoms with E-state index in [4.69, 9.17) is 9.15 Å². The van der Waals surface area contributed by atoms with Crippen molar-refractivity contribution in [2.45, 2.75) is 44.4 Å². The zero-order chi connectivity index (χ0) is 26.4. The zero-order valence-corrected chi connectivity index (χ0v) is 22.0. The summed E-state index contributed by atoms with van der Waals surface area (Å²) in [5.41, 5.74) is 1.78. The Morgan fingerprint density at radius 3 is 2.51 bits per heavy atom. The monoisotopic (exact) mass is 521 g/mol. The van der Waals surface area contributed by atoms with Crippen molar-refractivity contribution in [1.82, 2.24) is 14.5 Å². The molecule has 4 aromatic rings. The topological polar surface area (TPSA) is 94.6 Å². The third-order valence-electron chi connectivity index (χ3n) is 5.81. The Labute approximate surface area is 217 Å². The third kappa shape index (κ3) is 6.48. The van der Waals surface area contributed by atoms with E-state index in [9.17, 15) is 13.2 Å². The van der Waals surface area contributed by atoms with E-state index in [1.165, 1.54) is 0 Å². The molecular formula is C28H31N3O5S. The molecule has 194 valence electrons. The Morgan fingerprint density at radius 2 is 1.84 bits per heavy atom. The van der Waals surface area contributed by atoms with E-state index in [2.05, 4.69) is 4.98 Å². The average Bonchev–Trinajstić information content (AvgIpc) is 3.54. The number of furan rings is 1. The van der Waals surface area contributed by atoms with Crippen LogP contribution in [0.3, 0.4) is 0 Å². The van der Waals surface area contributed by atoms with Crippen LogP contribution in [0.15, 0.2) is 88.8 Å². The maximum absolute atomic E-state index is 13.5. The number of carbonyl (C=O) groups excluding carboxylic acids is 1. The van der Waals surface area contributed by atoms with Gasteiger partial charge >= 0.3 is 0 Å². The molecular weight excluding hydrogens is 490 g/mol. The van der Waals surface area contributed by atoms with E-state index in [0.717, 1.165) is 0 Å². The molecule has 0 radical (unpaired) electrons. The molecule has 0 saturated carbocycles. The zero-order valence-electron chi connectivity index (χ0n) is 21.2. The first-order valence-electron chi connectivity index (χ1n) is 12.0. The van der Waals surface area contributed by atoms with Crippen molar-refractivity contribution in [2.24, 2.45) is 5.92 Å². The Morgan fingerprint density at radius 1 is 1.05 bits per heavy atom. The van der Waals surface area contributed by atoms with Crippen molar-refractivity contribution in [3.05, 3.63) is 102 Å². The van der Waals surface area contributed by atoms with Gasteiger partial charge in [0.15, 0.2) is 0 Å². The number of ether oxygens (including phenoxy) is 1. The highest BCUT2D eigenvalue weighted by Crippen LogP contribution is 2.23. The van der Waals surface area contributed by atoms with Crippen molar-refractivity contribution in [3.63, 3.8) is 0 Å². The molecule has 0 spiro atoms. The van der Waals surface area contributed by atoms with Gasteiger partial charge in [0.05, 0.1) is 44.1 Å². The van der Waals surface area contributed by atoms with Crippen molar-refractivity contribution >= 4 is 15.7 Å². The van der Waals surface area contributed by atoms with Crippen LogP contribution in [0, 0.1) is 5.92 Å². The minimum atomic E-state index is -3.78. The number of amides is 1. The van der Waals surface area contributed by atoms with Gasteiger partial charge in [-0.2, -0.15) is 0 Å². The molecule has 0 aliphatic rings. The summed E-state index contributed by atoms with van der Waals surface area (Å²) < 4.78 is 39.5. The van der Waals surface area contributed by atoms with Gasteiger partial charge in [-0.25, -0.2) is 13.4 Å². The second-order valence-corrected chi connectivity index (χ2v) is 11.1. The number of rotatable bonds is 11. The minimum Gasteiger partial charge on any atom is -0.497 e. The lowest BCUT2D eigenvalue weighted by molar-refractivity contribution is 0.0712. The molecule has 0 fully saturated rings. The lowest BCUT2D eigenvalue weighted by Gasteiger charge is -2.23. The quantitative estimate of drug-likeness (QED) is 0.277. The van der Waals surface area contributed by atoms with Crippen molar-refractivity contribution in [1.29, 1.82) is 0 Å². The number of nitrogens with zero attached hydrogens (tertiary/aromatic N) is 3. The van der Waals surface area contributed by atoms with Crippen LogP contribution < -0.4 is 4.74 Å². The predicted molar refractivity (Wildman–Crippen MR) is 140 cm³/mol. The Bertz CT molecular complexity index is 1430. The van der Waals surface area contributed by atoms with E-state index in [-0.39, 0.29) is 35.8 Å². The van der Waals surface area contributed by atoms with Crippen molar-refractivity contribution in [2.75, 3.05) is 7.11 Å². The molecule has 4 rings (SSSR count). The van der Waals surface area contributed by atoms with Gasteiger partial charge in [-0.1, -0.05) is 44.2 Å². The number of imidazole rings is 1. The Kier molecular flexibility index (Phi) is 8.13. The summed E-state index contributed by atoms with van der Waals surface area (Å²) in [6, 6.07) is 19.5. The molecule has 0 aliphatic carbocycles. The SMILES string of the molecule is COc1cccc(CS(=O)(=O)c2ncc(CN(Cc3ccco3)C(=O)c3ccccc3)n2CC(C)C)c1. The number of methoxy groups -OCH3 is 1. The van der Waals surface area contributed by atoms with Gasteiger partial charge in [0.25, 0.3) is 5.91 Å². The molecule has 0 N–H and O–H groups in total. The smallest absolute Gasteiger partial charge is 0.254 e. The van der Waals surface area contributed by atoms with Crippen LogP contribution in [0.5, 0.6) is 5.75 Å². The van der Waals surface area contributed by atoms with Crippen LogP contribution in [-0.2, 0) is 35.2 Å². The maximum atomic E-state index is 13.5. The molecule has 2 aromatic carbocycles. The summed E-state index contributed by atoms with van der Waals surface area (Å²) in [6.07, 6.45) is 3.11. The molecule has 37 heavy (non-hydrogen) atoms. The lowest BCUT2D eigenvalue weighted by atomic mass is 10.2. The molecule has 2 aromatic heterocycles. The molecule has 0 bridgehead atoms. The third-order valence-corrected chi connectivity index (χ3v) is 7.40. The summed E-state index contributed by atoms with van der Waals surface area (Å²) >= 11 is 0. The van der Waals surface area contributed by atoms with E-state index in [1.807, 2.05) is 32.0 Å². The van der Waals surface area contributed by atoms with Gasteiger partial charge < -0.3 is 18.6 Å². The summed E-state index contributed by atoms with van der Waals surface area (Å²) in [7, 11) is -2.24. The summed E-state index contributed by atoms with van der Waals surface area (Å²) in [4.78, 5) is 19.4. The first-order chi connectivity index (χ1) is 17.8. The molecule has 1 amide bonds. The Hall–Kier alpha value is -3.85. The number of sulfone groups is 1. The van der Waals surface area contributed by atoms with Gasteiger partial charge in [-0.15, -0.1) is 0 Å². The molecule has 0 unspecified atom stereocenters. The molecule has 8 nitrogen and oxygen atoms in total. The molecule has 2 heterocycles. The van der Waals surface area contributed by atoms with Gasteiger partial charge in [-0.3, -0.25) is 4.79 Å². The number of carbonyl (C=O) groups is 1. The van der Waals surface area contributed by atoms with Crippen LogP contribution in [-0.4, -0.2) is 35.9 Å². The first kappa shape index (κ1) is 26.2. The highest BCUT2D eigenvalue weighted by atomic mass is 32.2. The van der Waals surface area contributed by atoms with E-state index < -0.39 is 9.84 Å². The van der Waals surface area contributed by atoms with Crippen LogP contribution in [0.25, 0.3) is 0 Å². The van der Waals surface area contributed by atoms with Crippen LogP contribution >= 0.6 is 0 Å². The Balaban J connectivity index is 1.68. The van der Waals surface area contributed by atoms with E-state index in [0.29, 0.717) is 34.9 Å². The van der Waals surface area contributed by atoms with Crippen molar-refractivity contribution in [3.8, 4) is 5.75 Å². The first-order valence-corrected chi connectivity index (χ1v) is 13.7. The highest BCUT2D eigenvalue weighted by molar-refractivity contribution is 7.90. The highest BCUT2D eigenvalue weighted by Gasteiger charge is 2.27. The largest absolute Gasteiger partial charge is 0.497 e. The van der Waals surface area contributed by atoms with Gasteiger partial charge in [-0.05, 0) is 47.9 Å². The lowest BCUT2D eigenvalue weighted by Crippen LogP contribution is -2.31. The fraction of sp³-hybridized carbons (Fsp3) is 0.286. The average molecular weight is 522 g/mol. The fourth-order valence-corrected chi connectivity index (χ4v) is 5.61. The van der Waals surface area contributed by atoms with Crippen LogP contribution in [0.2, 0.25) is 0 Å². The van der Waals surface area contributed by atoms with Crippen molar-refractivity contribution < 1.29 is 22.4 Å². The fourth-order valence-electron chi connectivity index (χ4n) is 4.12. The van der Waals surface area contributed by atoms with Gasteiger partial charge in [0, 0.05) is 12.1 Å². The normalized spacial score (nSPS) is 11.6. The second-order valence-electron chi connectivity index (χ2n) is 9.25. The number of hydrogen-bond donors (Lipinski definition) is 0. The maximum Gasteiger partial charge on any atom is 0.254 e. The minimum absolute atomic E-state index is 0.0101. The second kappa shape index (κ2) is 11.5. The predicted octanol–water partition coefficient (Wildman–Crippen LogP) is 4.96. The number of aromatic nitrogens is 2. The standard InChI is InChI=1S/C28H31N3O5S/c1-21(2)17-31-24(16-29-28(31)37(33,34)20-22-9-7-12-25(15-22)35-3)18-30(19-26-13-8-14-36-26)27(32)23-10-5-4-6-11-23/h4-16,21H,17-20H2,1-3H3. The molecule has 0 atom stereocenters. The summed E-state index contributed by atoms with van der Waals surface area (Å²) in [5.74, 6) is 0.978. The molecule has 9 heteroatoms. The summed E-state index contributed by atoms with van der Waals surface area (Å²) in [6.45, 7) is 4.87. The number of hydrogen-bond acceptors (Lipinski definition) is 6. The molecule has 0 aliphatic heterocycles. The number of benzene rings is 2.